The van der Waals surface area contributed by atoms with Gasteiger partial charge in [-0.3, -0.25) is 14.2 Å². The number of nitrogens with one attached hydrogen (secondary N) is 1. The molecule has 7 nitrogen and oxygen atoms in total. The minimum Gasteiger partial charge on any atom is -0.341 e. The molecule has 0 bridgehead atoms. The Morgan fingerprint density at radius 3 is 2.68 bits per heavy atom. The fraction of sp³-hybridized carbons (Fsp3) is 0.304. The number of carbonyl (C=O) groups is 2. The van der Waals surface area contributed by atoms with Gasteiger partial charge in [0.1, 0.15) is 6.33 Å². The summed E-state index contributed by atoms with van der Waals surface area (Å²) in [5.41, 5.74) is 2.92. The lowest BCUT2D eigenvalue weighted by atomic mass is 9.97. The summed E-state index contributed by atoms with van der Waals surface area (Å²) < 4.78 is 1.88. The number of hydrogen-bond donors (Lipinski definition) is 1. The summed E-state index contributed by atoms with van der Waals surface area (Å²) in [4.78, 5) is 27.2. The van der Waals surface area contributed by atoms with Crippen molar-refractivity contribution in [2.45, 2.75) is 24.9 Å². The Balaban J connectivity index is 1.33. The molecule has 0 radical (unpaired) electrons. The number of amides is 2. The SMILES string of the molecule is Cc1ccc(-n2cnnc2SCC(=O)N2CCCC(C(=O)Nc3ccccc3)C2)cc1. The van der Waals surface area contributed by atoms with E-state index in [9.17, 15) is 9.59 Å². The third kappa shape index (κ3) is 5.32. The number of anilines is 1. The molecule has 1 atom stereocenters. The summed E-state index contributed by atoms with van der Waals surface area (Å²) in [7, 11) is 0. The normalized spacial score (nSPS) is 16.2. The van der Waals surface area contributed by atoms with Gasteiger partial charge in [0.15, 0.2) is 5.16 Å². The van der Waals surface area contributed by atoms with Gasteiger partial charge in [-0.2, -0.15) is 0 Å². The van der Waals surface area contributed by atoms with Crippen LogP contribution in [-0.4, -0.2) is 50.3 Å². The molecular weight excluding hydrogens is 410 g/mol. The molecule has 0 spiro atoms. The molecule has 1 aliphatic heterocycles. The van der Waals surface area contributed by atoms with Gasteiger partial charge in [0.2, 0.25) is 11.8 Å². The van der Waals surface area contributed by atoms with E-state index < -0.39 is 0 Å². The second-order valence-corrected chi connectivity index (χ2v) is 8.58. The molecule has 2 aromatic carbocycles. The molecule has 2 amide bonds. The number of nitrogens with zero attached hydrogens (tertiary/aromatic N) is 4. The maximum absolute atomic E-state index is 12.8. The molecule has 8 heteroatoms. The van der Waals surface area contributed by atoms with Crippen molar-refractivity contribution in [3.05, 3.63) is 66.5 Å². The van der Waals surface area contributed by atoms with E-state index in [4.69, 9.17) is 0 Å². The lowest BCUT2D eigenvalue weighted by Gasteiger charge is -2.32. The predicted molar refractivity (Wildman–Crippen MR) is 121 cm³/mol. The maximum atomic E-state index is 12.8. The minimum absolute atomic E-state index is 0.0145. The standard InChI is InChI=1S/C23H25N5O2S/c1-17-9-11-20(12-10-17)28-16-24-26-23(28)31-15-21(29)27-13-5-6-18(14-27)22(30)25-19-7-3-2-4-8-19/h2-4,7-12,16,18H,5-6,13-15H2,1H3,(H,25,30). The van der Waals surface area contributed by atoms with Crippen molar-refractivity contribution in [2.24, 2.45) is 5.92 Å². The third-order valence-electron chi connectivity index (χ3n) is 5.34. The quantitative estimate of drug-likeness (QED) is 0.599. The number of piperidine rings is 1. The predicted octanol–water partition coefficient (Wildman–Crippen LogP) is 3.55. The molecule has 1 N–H and O–H groups in total. The summed E-state index contributed by atoms with van der Waals surface area (Å²) in [6.07, 6.45) is 3.27. The second kappa shape index (κ2) is 9.78. The van der Waals surface area contributed by atoms with E-state index in [2.05, 4.69) is 15.5 Å². The lowest BCUT2D eigenvalue weighted by Crippen LogP contribution is -2.44. The summed E-state index contributed by atoms with van der Waals surface area (Å²) in [6, 6.07) is 17.5. The monoisotopic (exact) mass is 435 g/mol. The molecule has 1 saturated heterocycles. The van der Waals surface area contributed by atoms with Gasteiger partial charge in [-0.15, -0.1) is 10.2 Å². The minimum atomic E-state index is -0.195. The van der Waals surface area contributed by atoms with Gasteiger partial charge < -0.3 is 10.2 Å². The molecule has 3 aromatic rings. The van der Waals surface area contributed by atoms with Crippen LogP contribution in [-0.2, 0) is 9.59 Å². The Hall–Kier alpha value is -3.13. The lowest BCUT2D eigenvalue weighted by molar-refractivity contribution is -0.132. The average Bonchev–Trinajstić information content (AvgIpc) is 3.27. The van der Waals surface area contributed by atoms with E-state index in [0.717, 1.165) is 24.2 Å². The highest BCUT2D eigenvalue weighted by Crippen LogP contribution is 2.23. The molecule has 4 rings (SSSR count). The fourth-order valence-corrected chi connectivity index (χ4v) is 4.44. The number of thioether (sulfide) groups is 1. The molecule has 0 saturated carbocycles. The van der Waals surface area contributed by atoms with Gasteiger partial charge in [0.25, 0.3) is 0 Å². The van der Waals surface area contributed by atoms with Crippen LogP contribution in [0.1, 0.15) is 18.4 Å². The van der Waals surface area contributed by atoms with E-state index >= 15 is 0 Å². The summed E-state index contributed by atoms with van der Waals surface area (Å²) >= 11 is 1.36. The third-order valence-corrected chi connectivity index (χ3v) is 6.27. The van der Waals surface area contributed by atoms with Crippen LogP contribution in [0.25, 0.3) is 5.69 Å². The molecular formula is C23H25N5O2S. The highest BCUT2D eigenvalue weighted by Gasteiger charge is 2.28. The summed E-state index contributed by atoms with van der Waals surface area (Å²) in [5, 5.41) is 11.8. The number of carbonyl (C=O) groups excluding carboxylic acids is 2. The van der Waals surface area contributed by atoms with Crippen LogP contribution in [0.15, 0.2) is 66.1 Å². The molecule has 2 heterocycles. The Labute approximate surface area is 185 Å². The van der Waals surface area contributed by atoms with Crippen LogP contribution in [0.2, 0.25) is 0 Å². The van der Waals surface area contributed by atoms with Crippen LogP contribution in [0.4, 0.5) is 5.69 Å². The zero-order chi connectivity index (χ0) is 21.6. The van der Waals surface area contributed by atoms with Crippen molar-refractivity contribution in [3.8, 4) is 5.69 Å². The van der Waals surface area contributed by atoms with Crippen molar-refractivity contribution in [3.63, 3.8) is 0 Å². The van der Waals surface area contributed by atoms with Crippen LogP contribution in [0.5, 0.6) is 0 Å². The zero-order valence-corrected chi connectivity index (χ0v) is 18.2. The summed E-state index contributed by atoms with van der Waals surface area (Å²) in [6.45, 7) is 3.16. The van der Waals surface area contributed by atoms with Gasteiger partial charge in [-0.25, -0.2) is 0 Å². The first-order chi connectivity index (χ1) is 15.1. The molecule has 160 valence electrons. The second-order valence-electron chi connectivity index (χ2n) is 7.64. The van der Waals surface area contributed by atoms with Crippen LogP contribution in [0, 0.1) is 12.8 Å². The van der Waals surface area contributed by atoms with E-state index in [-0.39, 0.29) is 23.5 Å². The van der Waals surface area contributed by atoms with Crippen LogP contribution < -0.4 is 5.32 Å². The number of likely N-dealkylation sites (tertiary alicyclic amines) is 1. The van der Waals surface area contributed by atoms with Gasteiger partial charge in [0, 0.05) is 24.5 Å². The number of rotatable bonds is 6. The fourth-order valence-electron chi connectivity index (χ4n) is 3.61. The Morgan fingerprint density at radius 1 is 1.13 bits per heavy atom. The number of aryl methyl sites for hydroxylation is 1. The van der Waals surface area contributed by atoms with Gasteiger partial charge in [-0.1, -0.05) is 47.7 Å². The number of para-hydroxylation sites is 1. The first kappa shape index (κ1) is 21.1. The zero-order valence-electron chi connectivity index (χ0n) is 17.4. The van der Waals surface area contributed by atoms with E-state index in [1.807, 2.05) is 66.1 Å². The summed E-state index contributed by atoms with van der Waals surface area (Å²) in [5.74, 6) is 0.0488. The number of aromatic nitrogens is 3. The van der Waals surface area contributed by atoms with Crippen molar-refractivity contribution >= 4 is 29.3 Å². The smallest absolute Gasteiger partial charge is 0.233 e. The van der Waals surface area contributed by atoms with Crippen molar-refractivity contribution in [2.75, 3.05) is 24.2 Å². The largest absolute Gasteiger partial charge is 0.341 e. The van der Waals surface area contributed by atoms with Crippen molar-refractivity contribution < 1.29 is 9.59 Å². The molecule has 31 heavy (non-hydrogen) atoms. The highest BCUT2D eigenvalue weighted by atomic mass is 32.2. The molecule has 0 aliphatic carbocycles. The van der Waals surface area contributed by atoms with Crippen molar-refractivity contribution in [1.82, 2.24) is 19.7 Å². The van der Waals surface area contributed by atoms with E-state index in [1.165, 1.54) is 17.3 Å². The highest BCUT2D eigenvalue weighted by molar-refractivity contribution is 7.99. The van der Waals surface area contributed by atoms with Gasteiger partial charge >= 0.3 is 0 Å². The topological polar surface area (TPSA) is 80.1 Å². The average molecular weight is 436 g/mol. The van der Waals surface area contributed by atoms with Gasteiger partial charge in [-0.05, 0) is 44.0 Å². The molecule has 1 aliphatic rings. The molecule has 1 unspecified atom stereocenters. The number of benzene rings is 2. The van der Waals surface area contributed by atoms with E-state index in [0.29, 0.717) is 18.2 Å². The Kier molecular flexibility index (Phi) is 6.66. The Bertz CT molecular complexity index is 1040. The maximum Gasteiger partial charge on any atom is 0.233 e. The van der Waals surface area contributed by atoms with Crippen LogP contribution in [0.3, 0.4) is 0 Å². The van der Waals surface area contributed by atoms with Crippen molar-refractivity contribution in [1.29, 1.82) is 0 Å². The van der Waals surface area contributed by atoms with Gasteiger partial charge in [0.05, 0.1) is 11.7 Å². The van der Waals surface area contributed by atoms with E-state index in [1.54, 1.807) is 11.2 Å². The Morgan fingerprint density at radius 2 is 1.90 bits per heavy atom. The first-order valence-corrected chi connectivity index (χ1v) is 11.3. The van der Waals surface area contributed by atoms with Crippen LogP contribution >= 0.6 is 11.8 Å². The first-order valence-electron chi connectivity index (χ1n) is 10.3. The molecule has 1 fully saturated rings. The number of hydrogen-bond acceptors (Lipinski definition) is 5. The molecule has 1 aromatic heterocycles.